The van der Waals surface area contributed by atoms with Gasteiger partial charge in [0.05, 0.1) is 11.4 Å². The van der Waals surface area contributed by atoms with Gasteiger partial charge in [0.1, 0.15) is 12.1 Å². The molecule has 7 heteroatoms. The first kappa shape index (κ1) is 19.3. The van der Waals surface area contributed by atoms with E-state index in [0.717, 1.165) is 48.0 Å². The van der Waals surface area contributed by atoms with Crippen molar-refractivity contribution in [2.24, 2.45) is 0 Å². The van der Waals surface area contributed by atoms with Gasteiger partial charge in [-0.3, -0.25) is 0 Å². The Hall–Kier alpha value is -3.45. The van der Waals surface area contributed by atoms with Crippen molar-refractivity contribution in [2.45, 2.75) is 19.0 Å². The lowest BCUT2D eigenvalue weighted by Gasteiger charge is -2.23. The average molecular weight is 429 g/mol. The molecule has 1 atom stereocenters. The summed E-state index contributed by atoms with van der Waals surface area (Å²) in [6.45, 7) is 2.85. The van der Waals surface area contributed by atoms with Crippen molar-refractivity contribution in [1.82, 2.24) is 24.2 Å². The molecule has 0 bridgehead atoms. The van der Waals surface area contributed by atoms with Crippen LogP contribution in [-0.4, -0.2) is 57.5 Å². The number of aromatic nitrogens is 4. The highest BCUT2D eigenvalue weighted by Crippen LogP contribution is 2.35. The number of benzene rings is 2. The number of hydrogen-bond donors (Lipinski definition) is 0. The summed E-state index contributed by atoms with van der Waals surface area (Å²) in [5.74, 6) is 0.591. The van der Waals surface area contributed by atoms with E-state index >= 15 is 0 Å². The first-order valence-electron chi connectivity index (χ1n) is 11.0. The topological polar surface area (TPSA) is 42.1 Å². The van der Waals surface area contributed by atoms with Crippen LogP contribution in [0.5, 0.6) is 0 Å². The third-order valence-corrected chi connectivity index (χ3v) is 6.74. The van der Waals surface area contributed by atoms with Gasteiger partial charge in [0.25, 0.3) is 0 Å². The van der Waals surface area contributed by atoms with Crippen LogP contribution in [0.4, 0.5) is 10.1 Å². The molecule has 0 aliphatic carbocycles. The second-order valence-electron chi connectivity index (χ2n) is 8.91. The Morgan fingerprint density at radius 1 is 1.03 bits per heavy atom. The van der Waals surface area contributed by atoms with Gasteiger partial charge in [-0.15, -0.1) is 0 Å². The highest BCUT2D eigenvalue weighted by atomic mass is 19.1. The van der Waals surface area contributed by atoms with Gasteiger partial charge in [0.2, 0.25) is 0 Å². The third-order valence-electron chi connectivity index (χ3n) is 6.74. The molecule has 2 aromatic heterocycles. The quantitative estimate of drug-likeness (QED) is 0.435. The molecule has 6 nitrogen and oxygen atoms in total. The van der Waals surface area contributed by atoms with Crippen molar-refractivity contribution in [3.05, 3.63) is 72.4 Å². The van der Waals surface area contributed by atoms with Crippen LogP contribution >= 0.6 is 0 Å². The van der Waals surface area contributed by atoms with Crippen LogP contribution in [0.2, 0.25) is 0 Å². The Morgan fingerprint density at radius 3 is 2.66 bits per heavy atom. The lowest BCUT2D eigenvalue weighted by atomic mass is 10.1. The lowest BCUT2D eigenvalue weighted by Crippen LogP contribution is -2.31. The fourth-order valence-electron chi connectivity index (χ4n) is 4.90. The smallest absolute Gasteiger partial charge is 0.179 e. The Balaban J connectivity index is 1.41. The van der Waals surface area contributed by atoms with Crippen molar-refractivity contribution < 1.29 is 4.39 Å². The van der Waals surface area contributed by atoms with Crippen molar-refractivity contribution in [2.75, 3.05) is 32.1 Å². The maximum absolute atomic E-state index is 13.4. The fraction of sp³-hybridized carbons (Fsp3) is 0.280. The van der Waals surface area contributed by atoms with Gasteiger partial charge in [-0.2, -0.15) is 5.10 Å². The molecule has 1 saturated heterocycles. The monoisotopic (exact) mass is 428 g/mol. The van der Waals surface area contributed by atoms with Crippen molar-refractivity contribution in [1.29, 1.82) is 0 Å². The number of rotatable bonds is 3. The minimum atomic E-state index is -0.228. The third kappa shape index (κ3) is 3.12. The molecule has 32 heavy (non-hydrogen) atoms. The molecule has 0 spiro atoms. The number of anilines is 1. The maximum atomic E-state index is 13.4. The zero-order valence-electron chi connectivity index (χ0n) is 18.2. The fourth-order valence-corrected chi connectivity index (χ4v) is 4.90. The van der Waals surface area contributed by atoms with Crippen molar-refractivity contribution >= 4 is 5.69 Å². The zero-order valence-corrected chi connectivity index (χ0v) is 18.2. The van der Waals surface area contributed by atoms with Crippen LogP contribution in [-0.2, 0) is 6.54 Å². The van der Waals surface area contributed by atoms with E-state index in [2.05, 4.69) is 69.0 Å². The van der Waals surface area contributed by atoms with Crippen LogP contribution in [0.25, 0.3) is 28.3 Å². The number of likely N-dealkylation sites (N-methyl/N-ethyl adjacent to an activating group) is 1. The van der Waals surface area contributed by atoms with Gasteiger partial charge in [-0.1, -0.05) is 12.1 Å². The van der Waals surface area contributed by atoms with Gasteiger partial charge >= 0.3 is 0 Å². The van der Waals surface area contributed by atoms with Crippen molar-refractivity contribution in [3.63, 3.8) is 0 Å². The molecule has 2 aliphatic heterocycles. The second kappa shape index (κ2) is 7.31. The van der Waals surface area contributed by atoms with Gasteiger partial charge in [0.15, 0.2) is 5.82 Å². The second-order valence-corrected chi connectivity index (χ2v) is 8.91. The van der Waals surface area contributed by atoms with E-state index in [1.807, 2.05) is 16.8 Å². The molecule has 4 heterocycles. The SMILES string of the molecule is CN(C)[C@H]1CCN(c2ccc3c(c2)Cn2cc(-c4ccc(F)cc4)cc2-c2ncnn2-3)C1. The molecular weight excluding hydrogens is 403 g/mol. The van der Waals surface area contributed by atoms with Gasteiger partial charge in [-0.25, -0.2) is 14.1 Å². The number of fused-ring (bicyclic) bond motifs is 5. The normalized spacial score (nSPS) is 17.2. The average Bonchev–Trinajstić information content (AvgIpc) is 3.53. The molecule has 2 aliphatic rings. The van der Waals surface area contributed by atoms with E-state index < -0.39 is 0 Å². The van der Waals surface area contributed by atoms with E-state index in [1.165, 1.54) is 29.8 Å². The molecule has 0 saturated carbocycles. The van der Waals surface area contributed by atoms with E-state index in [-0.39, 0.29) is 5.82 Å². The number of nitrogens with zero attached hydrogens (tertiary/aromatic N) is 6. The Morgan fingerprint density at radius 2 is 1.88 bits per heavy atom. The Labute approximate surface area is 186 Å². The van der Waals surface area contributed by atoms with Gasteiger partial charge in [0, 0.05) is 43.1 Å². The standard InChI is InChI=1S/C25H25FN6/c1-29(2)22-9-10-30(15-22)21-7-8-23-19(11-21)14-31-13-18(17-3-5-20(26)6-4-17)12-24(31)25-27-16-28-32(23)25/h3-8,11-13,16,22H,9-10,14-15H2,1-2H3/t22-/m0/s1. The summed E-state index contributed by atoms with van der Waals surface area (Å²) in [7, 11) is 4.31. The molecule has 0 radical (unpaired) electrons. The van der Waals surface area contributed by atoms with E-state index in [9.17, 15) is 4.39 Å². The molecule has 0 unspecified atom stereocenters. The molecule has 6 rings (SSSR count). The van der Waals surface area contributed by atoms with E-state index in [4.69, 9.17) is 0 Å². The summed E-state index contributed by atoms with van der Waals surface area (Å²) in [6.07, 6.45) is 4.91. The predicted molar refractivity (Wildman–Crippen MR) is 124 cm³/mol. The summed E-state index contributed by atoms with van der Waals surface area (Å²) >= 11 is 0. The summed E-state index contributed by atoms with van der Waals surface area (Å²) in [4.78, 5) is 9.35. The predicted octanol–water partition coefficient (Wildman–Crippen LogP) is 4.04. The zero-order chi connectivity index (χ0) is 21.8. The minimum Gasteiger partial charge on any atom is -0.370 e. The largest absolute Gasteiger partial charge is 0.370 e. The molecule has 0 N–H and O–H groups in total. The Bertz CT molecular complexity index is 1290. The molecule has 4 aromatic rings. The van der Waals surface area contributed by atoms with Gasteiger partial charge in [-0.05, 0) is 68.0 Å². The Kier molecular flexibility index (Phi) is 4.40. The number of hydrogen-bond acceptors (Lipinski definition) is 4. The molecule has 1 fully saturated rings. The molecular formula is C25H25FN6. The number of halogens is 1. The summed E-state index contributed by atoms with van der Waals surface area (Å²) < 4.78 is 17.6. The molecule has 162 valence electrons. The summed E-state index contributed by atoms with van der Waals surface area (Å²) in [6, 6.07) is 16.0. The first-order chi connectivity index (χ1) is 15.6. The summed E-state index contributed by atoms with van der Waals surface area (Å²) in [5.41, 5.74) is 6.57. The lowest BCUT2D eigenvalue weighted by molar-refractivity contribution is 0.315. The van der Waals surface area contributed by atoms with Crippen LogP contribution < -0.4 is 4.90 Å². The molecule has 0 amide bonds. The van der Waals surface area contributed by atoms with Crippen LogP contribution in [0.3, 0.4) is 0 Å². The van der Waals surface area contributed by atoms with E-state index in [0.29, 0.717) is 6.04 Å². The van der Waals surface area contributed by atoms with Crippen LogP contribution in [0, 0.1) is 5.82 Å². The van der Waals surface area contributed by atoms with Gasteiger partial charge < -0.3 is 14.4 Å². The van der Waals surface area contributed by atoms with Crippen molar-refractivity contribution in [3.8, 4) is 28.3 Å². The summed E-state index contributed by atoms with van der Waals surface area (Å²) in [5, 5.41) is 4.54. The minimum absolute atomic E-state index is 0.228. The maximum Gasteiger partial charge on any atom is 0.179 e. The van der Waals surface area contributed by atoms with E-state index in [1.54, 1.807) is 6.33 Å². The first-order valence-corrected chi connectivity index (χ1v) is 11.0. The van der Waals surface area contributed by atoms with Crippen LogP contribution in [0.15, 0.2) is 61.1 Å². The van der Waals surface area contributed by atoms with Crippen LogP contribution in [0.1, 0.15) is 12.0 Å². The molecule has 2 aromatic carbocycles. The highest BCUT2D eigenvalue weighted by molar-refractivity contribution is 5.71. The highest BCUT2D eigenvalue weighted by Gasteiger charge is 2.26.